The number of nitrogens with zero attached hydrogens (tertiary/aromatic N) is 5. The molecule has 23 heavy (non-hydrogen) atoms. The smallest absolute Gasteiger partial charge is 0.132 e. The van der Waals surface area contributed by atoms with Gasteiger partial charge in [-0.15, -0.1) is 0 Å². The van der Waals surface area contributed by atoms with Crippen LogP contribution in [0.25, 0.3) is 0 Å². The van der Waals surface area contributed by atoms with E-state index in [1.807, 2.05) is 18.3 Å². The molecule has 1 saturated carbocycles. The molecule has 0 unspecified atom stereocenters. The molecule has 0 atom stereocenters. The van der Waals surface area contributed by atoms with E-state index in [-0.39, 0.29) is 0 Å². The predicted octanol–water partition coefficient (Wildman–Crippen LogP) is 1.40. The van der Waals surface area contributed by atoms with Gasteiger partial charge in [0.2, 0.25) is 0 Å². The number of hydrogen-bond donors (Lipinski definition) is 1. The number of hydrogen-bond acceptors (Lipinski definition) is 6. The summed E-state index contributed by atoms with van der Waals surface area (Å²) in [4.78, 5) is 18.0. The molecule has 6 nitrogen and oxygen atoms in total. The Balaban J connectivity index is 1.41. The second-order valence-electron chi connectivity index (χ2n) is 6.39. The molecule has 0 amide bonds. The van der Waals surface area contributed by atoms with Crippen molar-refractivity contribution in [2.45, 2.75) is 24.8 Å². The highest BCUT2D eigenvalue weighted by Crippen LogP contribution is 2.35. The van der Waals surface area contributed by atoms with Crippen LogP contribution >= 0.6 is 0 Å². The van der Waals surface area contributed by atoms with E-state index < -0.39 is 0 Å². The van der Waals surface area contributed by atoms with Crippen molar-refractivity contribution >= 4 is 11.6 Å². The van der Waals surface area contributed by atoms with Crippen LogP contribution in [0, 0.1) is 0 Å². The summed E-state index contributed by atoms with van der Waals surface area (Å²) in [5, 5.41) is 0. The van der Waals surface area contributed by atoms with Crippen molar-refractivity contribution in [2.24, 2.45) is 5.73 Å². The summed E-state index contributed by atoms with van der Waals surface area (Å²) in [5.74, 6) is 2.61. The fraction of sp³-hybridized carbons (Fsp3) is 0.471. The number of nitrogens with two attached hydrogens (primary N) is 1. The molecule has 2 aromatic heterocycles. The molecule has 6 heteroatoms. The molecular weight excluding hydrogens is 288 g/mol. The van der Waals surface area contributed by atoms with Crippen LogP contribution in [0.1, 0.15) is 24.5 Å². The first kappa shape index (κ1) is 14.4. The topological polar surface area (TPSA) is 71.2 Å². The van der Waals surface area contributed by atoms with E-state index in [1.54, 1.807) is 6.33 Å². The van der Waals surface area contributed by atoms with Gasteiger partial charge in [0.25, 0.3) is 0 Å². The van der Waals surface area contributed by atoms with Crippen molar-refractivity contribution in [3.05, 3.63) is 42.5 Å². The molecule has 3 heterocycles. The normalized spacial score (nSPS) is 24.4. The van der Waals surface area contributed by atoms with Crippen LogP contribution in [-0.2, 0) is 0 Å². The largest absolute Gasteiger partial charge is 0.353 e. The summed E-state index contributed by atoms with van der Waals surface area (Å²) < 4.78 is 0. The maximum absolute atomic E-state index is 5.89. The number of piperazine rings is 1. The molecule has 2 aromatic rings. The summed E-state index contributed by atoms with van der Waals surface area (Å²) >= 11 is 0. The molecule has 1 aliphatic heterocycles. The zero-order valence-corrected chi connectivity index (χ0v) is 13.2. The first-order valence-corrected chi connectivity index (χ1v) is 8.28. The standard InChI is InChI=1S/C17H22N6/c18-14-9-13(10-14)15-11-17(21-12-20-15)23-7-5-22(6-8-23)16-3-1-2-4-19-16/h1-4,11-14H,5-10,18H2. The SMILES string of the molecule is NC1CC(c2cc(N3CCN(c4ccccn4)CC3)ncn2)C1. The molecule has 1 aliphatic carbocycles. The number of anilines is 2. The van der Waals surface area contributed by atoms with Crippen LogP contribution in [0.15, 0.2) is 36.8 Å². The molecule has 4 rings (SSSR count). The third kappa shape index (κ3) is 2.99. The fourth-order valence-electron chi connectivity index (χ4n) is 3.37. The van der Waals surface area contributed by atoms with Crippen molar-refractivity contribution in [2.75, 3.05) is 36.0 Å². The van der Waals surface area contributed by atoms with Gasteiger partial charge in [-0.25, -0.2) is 15.0 Å². The van der Waals surface area contributed by atoms with Gasteiger partial charge >= 0.3 is 0 Å². The van der Waals surface area contributed by atoms with E-state index in [0.717, 1.165) is 56.4 Å². The van der Waals surface area contributed by atoms with Crippen LogP contribution in [0.2, 0.25) is 0 Å². The van der Waals surface area contributed by atoms with Crippen LogP contribution in [0.4, 0.5) is 11.6 Å². The lowest BCUT2D eigenvalue weighted by atomic mass is 9.78. The van der Waals surface area contributed by atoms with Crippen LogP contribution in [-0.4, -0.2) is 47.2 Å². The van der Waals surface area contributed by atoms with Gasteiger partial charge in [0.1, 0.15) is 18.0 Å². The number of rotatable bonds is 3. The van der Waals surface area contributed by atoms with Gasteiger partial charge in [0.15, 0.2) is 0 Å². The fourth-order valence-corrected chi connectivity index (χ4v) is 3.37. The first-order valence-electron chi connectivity index (χ1n) is 8.28. The molecular formula is C17H22N6. The molecule has 0 aromatic carbocycles. The molecule has 120 valence electrons. The Morgan fingerprint density at radius 2 is 1.65 bits per heavy atom. The Hall–Kier alpha value is -2.21. The molecule has 2 aliphatic rings. The van der Waals surface area contributed by atoms with Crippen molar-refractivity contribution in [3.8, 4) is 0 Å². The van der Waals surface area contributed by atoms with Gasteiger partial charge in [-0.2, -0.15) is 0 Å². The number of pyridine rings is 1. The lowest BCUT2D eigenvalue weighted by molar-refractivity contribution is 0.345. The molecule has 0 spiro atoms. The monoisotopic (exact) mass is 310 g/mol. The van der Waals surface area contributed by atoms with Gasteiger partial charge < -0.3 is 15.5 Å². The van der Waals surface area contributed by atoms with E-state index in [2.05, 4.69) is 36.9 Å². The zero-order valence-electron chi connectivity index (χ0n) is 13.2. The lowest BCUT2D eigenvalue weighted by Gasteiger charge is -2.36. The summed E-state index contributed by atoms with van der Waals surface area (Å²) in [5.41, 5.74) is 7.03. The second kappa shape index (κ2) is 6.12. The predicted molar refractivity (Wildman–Crippen MR) is 90.6 cm³/mol. The van der Waals surface area contributed by atoms with Crippen LogP contribution < -0.4 is 15.5 Å². The average Bonchev–Trinajstić information content (AvgIpc) is 2.60. The Morgan fingerprint density at radius 3 is 2.30 bits per heavy atom. The maximum Gasteiger partial charge on any atom is 0.132 e. The summed E-state index contributed by atoms with van der Waals surface area (Å²) in [6.07, 6.45) is 5.63. The molecule has 2 N–H and O–H groups in total. The lowest BCUT2D eigenvalue weighted by Crippen LogP contribution is -2.47. The number of aromatic nitrogens is 3. The van der Waals surface area contributed by atoms with Crippen molar-refractivity contribution in [1.82, 2.24) is 15.0 Å². The Labute approximate surface area is 136 Å². The maximum atomic E-state index is 5.89. The summed E-state index contributed by atoms with van der Waals surface area (Å²) in [6.45, 7) is 3.84. The van der Waals surface area contributed by atoms with E-state index in [4.69, 9.17) is 5.73 Å². The third-order valence-corrected chi connectivity index (χ3v) is 4.84. The highest BCUT2D eigenvalue weighted by Gasteiger charge is 2.29. The summed E-state index contributed by atoms with van der Waals surface area (Å²) in [7, 11) is 0. The minimum absolute atomic E-state index is 0.348. The molecule has 0 radical (unpaired) electrons. The van der Waals surface area contributed by atoms with Crippen molar-refractivity contribution in [3.63, 3.8) is 0 Å². The Kier molecular flexibility index (Phi) is 3.83. The molecule has 2 fully saturated rings. The van der Waals surface area contributed by atoms with Gasteiger partial charge in [-0.1, -0.05) is 6.07 Å². The van der Waals surface area contributed by atoms with E-state index >= 15 is 0 Å². The zero-order chi connectivity index (χ0) is 15.6. The average molecular weight is 310 g/mol. The van der Waals surface area contributed by atoms with Gasteiger partial charge in [-0.3, -0.25) is 0 Å². The van der Waals surface area contributed by atoms with Gasteiger partial charge in [0.05, 0.1) is 0 Å². The highest BCUT2D eigenvalue weighted by atomic mass is 15.3. The van der Waals surface area contributed by atoms with E-state index in [0.29, 0.717) is 12.0 Å². The quantitative estimate of drug-likeness (QED) is 0.924. The van der Waals surface area contributed by atoms with Crippen LogP contribution in [0.3, 0.4) is 0 Å². The van der Waals surface area contributed by atoms with E-state index in [9.17, 15) is 0 Å². The van der Waals surface area contributed by atoms with Crippen molar-refractivity contribution in [1.29, 1.82) is 0 Å². The minimum Gasteiger partial charge on any atom is -0.353 e. The third-order valence-electron chi connectivity index (χ3n) is 4.84. The van der Waals surface area contributed by atoms with E-state index in [1.165, 1.54) is 0 Å². The van der Waals surface area contributed by atoms with Crippen molar-refractivity contribution < 1.29 is 0 Å². The van der Waals surface area contributed by atoms with Crippen LogP contribution in [0.5, 0.6) is 0 Å². The Morgan fingerprint density at radius 1 is 0.913 bits per heavy atom. The second-order valence-corrected chi connectivity index (χ2v) is 6.39. The molecule has 0 bridgehead atoms. The minimum atomic E-state index is 0.348. The first-order chi connectivity index (χ1) is 11.3. The van der Waals surface area contributed by atoms with Gasteiger partial charge in [0, 0.05) is 56.1 Å². The highest BCUT2D eigenvalue weighted by molar-refractivity contribution is 5.45. The summed E-state index contributed by atoms with van der Waals surface area (Å²) in [6, 6.07) is 8.55. The Bertz CT molecular complexity index is 647. The van der Waals surface area contributed by atoms with Gasteiger partial charge in [-0.05, 0) is 25.0 Å². The molecule has 1 saturated heterocycles.